The van der Waals surface area contributed by atoms with E-state index in [1.165, 1.54) is 30.3 Å². The molecule has 0 aliphatic heterocycles. The van der Waals surface area contributed by atoms with Crippen molar-refractivity contribution in [1.29, 1.82) is 0 Å². The summed E-state index contributed by atoms with van der Waals surface area (Å²) in [6.45, 7) is 0.419. The van der Waals surface area contributed by atoms with Crippen molar-refractivity contribution in [3.05, 3.63) is 88.4 Å². The van der Waals surface area contributed by atoms with Gasteiger partial charge in [0.1, 0.15) is 23.0 Å². The Hall–Kier alpha value is -2.21. The van der Waals surface area contributed by atoms with E-state index in [-0.39, 0.29) is 20.7 Å². The van der Waals surface area contributed by atoms with Gasteiger partial charge in [-0.05, 0) is 48.0 Å². The van der Waals surface area contributed by atoms with E-state index in [0.717, 1.165) is 5.56 Å². The highest BCUT2D eigenvalue weighted by atomic mass is 35.5. The lowest BCUT2D eigenvalue weighted by Gasteiger charge is -2.09. The van der Waals surface area contributed by atoms with E-state index in [1.54, 1.807) is 12.1 Å². The van der Waals surface area contributed by atoms with Gasteiger partial charge in [-0.15, -0.1) is 0 Å². The Labute approximate surface area is 162 Å². The van der Waals surface area contributed by atoms with Crippen LogP contribution >= 0.6 is 23.2 Å². The van der Waals surface area contributed by atoms with Gasteiger partial charge in [-0.25, -0.2) is 0 Å². The van der Waals surface area contributed by atoms with Crippen LogP contribution in [-0.2, 0) is 16.7 Å². The standard InChI is InChI=1S/C19H14Cl2O4S/c20-18-11-10-17(12-19(18)21)26(22,23)25-16-8-6-15(7-9-16)24-13-14-4-2-1-3-5-14/h1-12H,13H2. The zero-order valence-corrected chi connectivity index (χ0v) is 15.8. The normalized spacial score (nSPS) is 11.2. The van der Waals surface area contributed by atoms with Gasteiger partial charge >= 0.3 is 10.1 Å². The molecule has 0 bridgehead atoms. The fourth-order valence-corrected chi connectivity index (χ4v) is 3.46. The molecule has 0 amide bonds. The van der Waals surface area contributed by atoms with Crippen LogP contribution in [0, 0.1) is 0 Å². The van der Waals surface area contributed by atoms with E-state index in [9.17, 15) is 8.42 Å². The SMILES string of the molecule is O=S(=O)(Oc1ccc(OCc2ccccc2)cc1)c1ccc(Cl)c(Cl)c1. The van der Waals surface area contributed by atoms with Crippen molar-refractivity contribution in [3.8, 4) is 11.5 Å². The highest BCUT2D eigenvalue weighted by Gasteiger charge is 2.18. The topological polar surface area (TPSA) is 52.6 Å². The fourth-order valence-electron chi connectivity index (χ4n) is 2.14. The smallest absolute Gasteiger partial charge is 0.339 e. The van der Waals surface area contributed by atoms with Crippen molar-refractivity contribution < 1.29 is 17.3 Å². The molecule has 0 aliphatic carbocycles. The van der Waals surface area contributed by atoms with Crippen molar-refractivity contribution in [1.82, 2.24) is 0 Å². The largest absolute Gasteiger partial charge is 0.489 e. The predicted molar refractivity (Wildman–Crippen MR) is 101 cm³/mol. The van der Waals surface area contributed by atoms with Gasteiger partial charge in [0, 0.05) is 0 Å². The number of ether oxygens (including phenoxy) is 1. The molecule has 0 atom stereocenters. The molecule has 0 fully saturated rings. The second-order valence-corrected chi connectivity index (χ2v) is 7.72. The van der Waals surface area contributed by atoms with Crippen molar-refractivity contribution in [2.24, 2.45) is 0 Å². The Morgan fingerprint density at radius 2 is 1.42 bits per heavy atom. The van der Waals surface area contributed by atoms with Crippen LogP contribution in [0.4, 0.5) is 0 Å². The van der Waals surface area contributed by atoms with Crippen LogP contribution in [0.3, 0.4) is 0 Å². The summed E-state index contributed by atoms with van der Waals surface area (Å²) in [6.07, 6.45) is 0. The Kier molecular flexibility index (Phi) is 5.71. The first-order chi connectivity index (χ1) is 12.4. The average Bonchev–Trinajstić information content (AvgIpc) is 2.64. The maximum absolute atomic E-state index is 12.3. The van der Waals surface area contributed by atoms with E-state index in [1.807, 2.05) is 30.3 Å². The molecule has 26 heavy (non-hydrogen) atoms. The Bertz CT molecular complexity index is 988. The van der Waals surface area contributed by atoms with Crippen molar-refractivity contribution in [2.45, 2.75) is 11.5 Å². The number of hydrogen-bond acceptors (Lipinski definition) is 4. The van der Waals surface area contributed by atoms with Crippen LogP contribution in [-0.4, -0.2) is 8.42 Å². The van der Waals surface area contributed by atoms with Gasteiger partial charge in [0.2, 0.25) is 0 Å². The third kappa shape index (κ3) is 4.69. The number of benzene rings is 3. The summed E-state index contributed by atoms with van der Waals surface area (Å²) in [6, 6.07) is 20.0. The molecule has 0 N–H and O–H groups in total. The minimum Gasteiger partial charge on any atom is -0.489 e. The molecule has 0 aliphatic rings. The van der Waals surface area contributed by atoms with Gasteiger partial charge in [-0.3, -0.25) is 0 Å². The molecule has 3 aromatic carbocycles. The molecule has 7 heteroatoms. The van der Waals surface area contributed by atoms with Crippen LogP contribution in [0.5, 0.6) is 11.5 Å². The molecule has 3 rings (SSSR count). The van der Waals surface area contributed by atoms with E-state index in [4.69, 9.17) is 32.1 Å². The number of halogens is 2. The van der Waals surface area contributed by atoms with Crippen LogP contribution in [0.25, 0.3) is 0 Å². The molecule has 4 nitrogen and oxygen atoms in total. The summed E-state index contributed by atoms with van der Waals surface area (Å²) in [5.41, 5.74) is 1.04. The molecule has 0 aromatic heterocycles. The first-order valence-electron chi connectivity index (χ1n) is 7.60. The molecule has 0 spiro atoms. The molecule has 3 aromatic rings. The Morgan fingerprint density at radius 1 is 0.769 bits per heavy atom. The fraction of sp³-hybridized carbons (Fsp3) is 0.0526. The summed E-state index contributed by atoms with van der Waals surface area (Å²) >= 11 is 11.7. The van der Waals surface area contributed by atoms with Gasteiger partial charge in [0.25, 0.3) is 0 Å². The van der Waals surface area contributed by atoms with E-state index >= 15 is 0 Å². The molecule has 0 saturated carbocycles. The second-order valence-electron chi connectivity index (χ2n) is 5.36. The molecular formula is C19H14Cl2O4S. The minimum atomic E-state index is -4.00. The highest BCUT2D eigenvalue weighted by molar-refractivity contribution is 7.87. The first-order valence-corrected chi connectivity index (χ1v) is 9.77. The average molecular weight is 409 g/mol. The van der Waals surface area contributed by atoms with Crippen molar-refractivity contribution >= 4 is 33.3 Å². The van der Waals surface area contributed by atoms with Gasteiger partial charge in [0.05, 0.1) is 10.0 Å². The Balaban J connectivity index is 1.67. The quantitative estimate of drug-likeness (QED) is 0.516. The zero-order valence-electron chi connectivity index (χ0n) is 13.4. The summed E-state index contributed by atoms with van der Waals surface area (Å²) in [7, 11) is -4.00. The minimum absolute atomic E-state index is 0.0729. The van der Waals surface area contributed by atoms with Crippen LogP contribution < -0.4 is 8.92 Å². The lowest BCUT2D eigenvalue weighted by atomic mass is 10.2. The summed E-state index contributed by atoms with van der Waals surface area (Å²) in [5, 5.41) is 0.409. The lowest BCUT2D eigenvalue weighted by Crippen LogP contribution is -2.09. The molecule has 0 radical (unpaired) electrons. The lowest BCUT2D eigenvalue weighted by molar-refractivity contribution is 0.306. The maximum Gasteiger partial charge on any atom is 0.339 e. The summed E-state index contributed by atoms with van der Waals surface area (Å²) < 4.78 is 35.4. The van der Waals surface area contributed by atoms with Gasteiger partial charge < -0.3 is 8.92 Å². The first kappa shape index (κ1) is 18.6. The number of hydrogen-bond donors (Lipinski definition) is 0. The second kappa shape index (κ2) is 7.99. The van der Waals surface area contributed by atoms with E-state index in [2.05, 4.69) is 0 Å². The molecule has 0 unspecified atom stereocenters. The third-order valence-electron chi connectivity index (χ3n) is 3.46. The monoisotopic (exact) mass is 408 g/mol. The third-order valence-corrected chi connectivity index (χ3v) is 5.44. The van der Waals surface area contributed by atoms with Gasteiger partial charge in [-0.1, -0.05) is 53.5 Å². The van der Waals surface area contributed by atoms with Gasteiger partial charge in [-0.2, -0.15) is 8.42 Å². The molecule has 0 saturated heterocycles. The van der Waals surface area contributed by atoms with Crippen LogP contribution in [0.15, 0.2) is 77.7 Å². The molecule has 0 heterocycles. The van der Waals surface area contributed by atoms with Crippen molar-refractivity contribution in [3.63, 3.8) is 0 Å². The highest BCUT2D eigenvalue weighted by Crippen LogP contribution is 2.27. The number of rotatable bonds is 6. The molecular weight excluding hydrogens is 395 g/mol. The van der Waals surface area contributed by atoms with Gasteiger partial charge in [0.15, 0.2) is 0 Å². The predicted octanol–water partition coefficient (Wildman–Crippen LogP) is 5.34. The maximum atomic E-state index is 12.3. The Morgan fingerprint density at radius 3 is 2.08 bits per heavy atom. The van der Waals surface area contributed by atoms with E-state index in [0.29, 0.717) is 12.4 Å². The van der Waals surface area contributed by atoms with Crippen LogP contribution in [0.2, 0.25) is 10.0 Å². The summed E-state index contributed by atoms with van der Waals surface area (Å²) in [4.78, 5) is -0.0729. The molecule has 134 valence electrons. The van der Waals surface area contributed by atoms with Crippen LogP contribution in [0.1, 0.15) is 5.56 Å². The van der Waals surface area contributed by atoms with Crippen molar-refractivity contribution in [2.75, 3.05) is 0 Å². The summed E-state index contributed by atoms with van der Waals surface area (Å²) in [5.74, 6) is 0.774. The van der Waals surface area contributed by atoms with E-state index < -0.39 is 10.1 Å². The zero-order chi connectivity index (χ0) is 18.6.